The normalized spacial score (nSPS) is 15.1. The third kappa shape index (κ3) is 4.36. The molecule has 0 saturated carbocycles. The number of hydrogen-bond donors (Lipinski definition) is 1. The summed E-state index contributed by atoms with van der Waals surface area (Å²) in [6.07, 6.45) is 3.61. The highest BCUT2D eigenvalue weighted by atomic mass is 35.5. The van der Waals surface area contributed by atoms with Gasteiger partial charge in [0.1, 0.15) is 5.65 Å². The van der Waals surface area contributed by atoms with Gasteiger partial charge in [-0.25, -0.2) is 13.4 Å². The lowest BCUT2D eigenvalue weighted by Gasteiger charge is -2.34. The Morgan fingerprint density at radius 3 is 2.50 bits per heavy atom. The van der Waals surface area contributed by atoms with Crippen LogP contribution in [0.3, 0.4) is 0 Å². The van der Waals surface area contributed by atoms with Crippen LogP contribution in [0.1, 0.15) is 0 Å². The van der Waals surface area contributed by atoms with E-state index in [1.807, 2.05) is 23.9 Å². The van der Waals surface area contributed by atoms with Gasteiger partial charge in [-0.1, -0.05) is 29.8 Å². The first-order valence-corrected chi connectivity index (χ1v) is 12.9. The molecule has 0 aliphatic carbocycles. The number of anilines is 2. The first kappa shape index (κ1) is 22.7. The second-order valence-electron chi connectivity index (χ2n) is 8.61. The van der Waals surface area contributed by atoms with Crippen LogP contribution in [0.4, 0.5) is 11.4 Å². The number of halogens is 1. The predicted molar refractivity (Wildman–Crippen MR) is 138 cm³/mol. The number of rotatable bonds is 5. The largest absolute Gasteiger partial charge is 0.369 e. The topological polar surface area (TPSA) is 70.5 Å². The van der Waals surface area contributed by atoms with E-state index >= 15 is 0 Å². The Kier molecular flexibility index (Phi) is 5.97. The first-order valence-electron chi connectivity index (χ1n) is 11.1. The Balaban J connectivity index is 1.57. The molecule has 0 amide bonds. The fourth-order valence-corrected chi connectivity index (χ4v) is 5.75. The molecule has 3 heterocycles. The van der Waals surface area contributed by atoms with Crippen LogP contribution in [0.25, 0.3) is 22.2 Å². The molecule has 1 N–H and O–H groups in total. The number of pyridine rings is 1. The van der Waals surface area contributed by atoms with Crippen molar-refractivity contribution in [2.24, 2.45) is 7.05 Å². The molecule has 0 unspecified atom stereocenters. The molecule has 1 saturated heterocycles. The summed E-state index contributed by atoms with van der Waals surface area (Å²) in [6, 6.07) is 16.3. The van der Waals surface area contributed by atoms with Crippen molar-refractivity contribution in [2.75, 3.05) is 42.8 Å². The summed E-state index contributed by atoms with van der Waals surface area (Å²) in [4.78, 5) is 9.34. The summed E-state index contributed by atoms with van der Waals surface area (Å²) in [5.74, 6) is 0. The van der Waals surface area contributed by atoms with Crippen LogP contribution in [0.5, 0.6) is 0 Å². The quantitative estimate of drug-likeness (QED) is 0.443. The van der Waals surface area contributed by atoms with E-state index in [4.69, 9.17) is 11.6 Å². The van der Waals surface area contributed by atoms with Crippen LogP contribution >= 0.6 is 11.6 Å². The monoisotopic (exact) mass is 495 g/mol. The lowest BCUT2D eigenvalue weighted by atomic mass is 10.0. The minimum atomic E-state index is -3.83. The van der Waals surface area contributed by atoms with Gasteiger partial charge in [0.05, 0.1) is 16.0 Å². The molecule has 1 fully saturated rings. The van der Waals surface area contributed by atoms with Crippen molar-refractivity contribution in [3.05, 3.63) is 72.0 Å². The lowest BCUT2D eigenvalue weighted by Crippen LogP contribution is -2.44. The maximum Gasteiger partial charge on any atom is 0.261 e. The SMILES string of the molecule is CN1CCN(c2cccc(-c3cn(C)c4nccc(NS(=O)(=O)c5cccc(Cl)c5)c34)c2)CC1. The van der Waals surface area contributed by atoms with Crippen LogP contribution in [0.15, 0.2) is 71.9 Å². The van der Waals surface area contributed by atoms with Gasteiger partial charge < -0.3 is 14.4 Å². The third-order valence-corrected chi connectivity index (χ3v) is 7.83. The Morgan fingerprint density at radius 1 is 0.971 bits per heavy atom. The summed E-state index contributed by atoms with van der Waals surface area (Å²) in [5.41, 5.74) is 4.27. The van der Waals surface area contributed by atoms with Gasteiger partial charge in [-0.05, 0) is 49.0 Å². The van der Waals surface area contributed by atoms with Gasteiger partial charge in [-0.3, -0.25) is 4.72 Å². The molecule has 2 aromatic carbocycles. The van der Waals surface area contributed by atoms with Gasteiger partial charge in [0.15, 0.2) is 0 Å². The maximum atomic E-state index is 13.1. The fourth-order valence-electron chi connectivity index (χ4n) is 4.38. The highest BCUT2D eigenvalue weighted by Crippen LogP contribution is 2.36. The zero-order valence-electron chi connectivity index (χ0n) is 19.1. The van der Waals surface area contributed by atoms with Crippen LogP contribution in [0, 0.1) is 0 Å². The van der Waals surface area contributed by atoms with E-state index < -0.39 is 10.0 Å². The van der Waals surface area contributed by atoms with Crippen molar-refractivity contribution in [1.29, 1.82) is 0 Å². The van der Waals surface area contributed by atoms with Gasteiger partial charge in [-0.15, -0.1) is 0 Å². The molecule has 1 aliphatic rings. The van der Waals surface area contributed by atoms with Crippen molar-refractivity contribution in [3.63, 3.8) is 0 Å². The van der Waals surface area contributed by atoms with Crippen LogP contribution in [-0.2, 0) is 17.1 Å². The summed E-state index contributed by atoms with van der Waals surface area (Å²) in [5, 5.41) is 1.12. The average molecular weight is 496 g/mol. The fraction of sp³-hybridized carbons (Fsp3) is 0.240. The van der Waals surface area contributed by atoms with Crippen LogP contribution < -0.4 is 9.62 Å². The molecule has 1 aliphatic heterocycles. The molecule has 0 spiro atoms. The Morgan fingerprint density at radius 2 is 1.74 bits per heavy atom. The lowest BCUT2D eigenvalue weighted by molar-refractivity contribution is 0.313. The van der Waals surface area contributed by atoms with Crippen molar-refractivity contribution in [2.45, 2.75) is 4.90 Å². The second-order valence-corrected chi connectivity index (χ2v) is 10.7. The molecule has 0 bridgehead atoms. The summed E-state index contributed by atoms with van der Waals surface area (Å²) < 4.78 is 30.9. The highest BCUT2D eigenvalue weighted by Gasteiger charge is 2.21. The minimum absolute atomic E-state index is 0.111. The van der Waals surface area contributed by atoms with E-state index in [2.05, 4.69) is 44.8 Å². The number of fused-ring (bicyclic) bond motifs is 1. The van der Waals surface area contributed by atoms with Gasteiger partial charge in [0.2, 0.25) is 0 Å². The smallest absolute Gasteiger partial charge is 0.261 e. The number of nitrogens with one attached hydrogen (secondary N) is 1. The number of aryl methyl sites for hydroxylation is 1. The molecule has 9 heteroatoms. The molecule has 0 atom stereocenters. The number of nitrogens with zero attached hydrogens (tertiary/aromatic N) is 4. The van der Waals surface area contributed by atoms with E-state index in [1.165, 1.54) is 12.1 Å². The molecule has 7 nitrogen and oxygen atoms in total. The Bertz CT molecular complexity index is 1460. The molecule has 0 radical (unpaired) electrons. The Hall–Kier alpha value is -3.07. The number of sulfonamides is 1. The molecular weight excluding hydrogens is 470 g/mol. The Labute approximate surface area is 204 Å². The van der Waals surface area contributed by atoms with Gasteiger partial charge in [0, 0.05) is 61.9 Å². The van der Waals surface area contributed by atoms with E-state index in [9.17, 15) is 8.42 Å². The number of aromatic nitrogens is 2. The molecule has 2 aromatic heterocycles. The van der Waals surface area contributed by atoms with Crippen molar-refractivity contribution >= 4 is 44.0 Å². The maximum absolute atomic E-state index is 13.1. The number of hydrogen-bond acceptors (Lipinski definition) is 5. The van der Waals surface area contributed by atoms with Crippen molar-refractivity contribution in [1.82, 2.24) is 14.5 Å². The van der Waals surface area contributed by atoms with Gasteiger partial charge >= 0.3 is 0 Å². The molecule has 5 rings (SSSR count). The average Bonchev–Trinajstić information content (AvgIpc) is 3.17. The third-order valence-electron chi connectivity index (χ3n) is 6.23. The molecular formula is C25H26ClN5O2S. The van der Waals surface area contributed by atoms with E-state index in [0.29, 0.717) is 16.4 Å². The number of piperazine rings is 1. The molecule has 176 valence electrons. The number of benzene rings is 2. The zero-order valence-corrected chi connectivity index (χ0v) is 20.6. The second kappa shape index (κ2) is 8.94. The van der Waals surface area contributed by atoms with Crippen LogP contribution in [0.2, 0.25) is 5.02 Å². The molecule has 34 heavy (non-hydrogen) atoms. The summed E-state index contributed by atoms with van der Waals surface area (Å²) >= 11 is 6.03. The van der Waals surface area contributed by atoms with E-state index in [0.717, 1.165) is 48.4 Å². The van der Waals surface area contributed by atoms with Gasteiger partial charge in [0.25, 0.3) is 10.0 Å². The van der Waals surface area contributed by atoms with Crippen molar-refractivity contribution in [3.8, 4) is 11.1 Å². The summed E-state index contributed by atoms with van der Waals surface area (Å²) in [6.45, 7) is 4.00. The summed E-state index contributed by atoms with van der Waals surface area (Å²) in [7, 11) is 0.225. The minimum Gasteiger partial charge on any atom is -0.369 e. The van der Waals surface area contributed by atoms with E-state index in [-0.39, 0.29) is 4.90 Å². The standard InChI is InChI=1S/C25H26ClN5O2S/c1-29-11-13-31(14-12-29)20-7-3-5-18(15-20)22-17-30(2)25-24(22)23(9-10-27-25)28-34(32,33)21-8-4-6-19(26)16-21/h3-10,15-17H,11-14H2,1-2H3,(H,27,28). The highest BCUT2D eigenvalue weighted by molar-refractivity contribution is 7.92. The number of likely N-dealkylation sites (N-methyl/N-ethyl adjacent to an activating group) is 1. The van der Waals surface area contributed by atoms with E-state index in [1.54, 1.807) is 24.4 Å². The van der Waals surface area contributed by atoms with Crippen molar-refractivity contribution < 1.29 is 8.42 Å². The first-order chi connectivity index (χ1) is 16.3. The van der Waals surface area contributed by atoms with Gasteiger partial charge in [-0.2, -0.15) is 0 Å². The predicted octanol–water partition coefficient (Wildman–Crippen LogP) is 4.45. The van der Waals surface area contributed by atoms with Crippen LogP contribution in [-0.4, -0.2) is 56.1 Å². The molecule has 4 aromatic rings. The zero-order chi connectivity index (χ0) is 23.9.